The molecule has 5 heteroatoms. The fourth-order valence-electron chi connectivity index (χ4n) is 3.18. The van der Waals surface area contributed by atoms with Gasteiger partial charge in [0.15, 0.2) is 9.84 Å². The number of aryl methyl sites for hydroxylation is 1. The summed E-state index contributed by atoms with van der Waals surface area (Å²) in [5, 5.41) is 9.51. The minimum absolute atomic E-state index is 0.127. The molecule has 3 rings (SSSR count). The fourth-order valence-corrected chi connectivity index (χ4v) is 5.50. The molecule has 2 aromatic rings. The predicted molar refractivity (Wildman–Crippen MR) is 91.6 cm³/mol. The maximum atomic E-state index is 12.8. The molecule has 1 saturated carbocycles. The Balaban J connectivity index is 1.90. The lowest BCUT2D eigenvalue weighted by Crippen LogP contribution is -2.11. The van der Waals surface area contributed by atoms with Crippen LogP contribution in [0.25, 0.3) is 0 Å². The van der Waals surface area contributed by atoms with Gasteiger partial charge in [-0.05, 0) is 41.8 Å². The third-order valence-electron chi connectivity index (χ3n) is 4.58. The molecule has 3 atom stereocenters. The Labute approximate surface area is 141 Å². The molecule has 0 bridgehead atoms. The second-order valence-electron chi connectivity index (χ2n) is 5.93. The lowest BCUT2D eigenvalue weighted by molar-refractivity contribution is 0.274. The van der Waals surface area contributed by atoms with Gasteiger partial charge >= 0.3 is 0 Å². The van der Waals surface area contributed by atoms with Gasteiger partial charge in [0.05, 0.1) is 10.1 Å². The Kier molecular flexibility index (Phi) is 4.50. The number of aliphatic hydroxyl groups is 1. The van der Waals surface area contributed by atoms with Gasteiger partial charge < -0.3 is 5.11 Å². The van der Waals surface area contributed by atoms with Crippen LogP contribution in [0.3, 0.4) is 0 Å². The molecule has 122 valence electrons. The number of benzene rings is 2. The van der Waals surface area contributed by atoms with E-state index in [1.165, 1.54) is 17.7 Å². The zero-order valence-corrected chi connectivity index (χ0v) is 14.4. The molecule has 0 radical (unpaired) electrons. The van der Waals surface area contributed by atoms with Gasteiger partial charge in [-0.2, -0.15) is 0 Å². The van der Waals surface area contributed by atoms with Crippen LogP contribution in [0.15, 0.2) is 53.4 Å². The summed E-state index contributed by atoms with van der Waals surface area (Å²) in [6, 6.07) is 14.2. The average molecular weight is 351 g/mol. The molecule has 0 unspecified atom stereocenters. The molecule has 1 aliphatic carbocycles. The summed E-state index contributed by atoms with van der Waals surface area (Å²) in [6.45, 7) is 1.95. The monoisotopic (exact) mass is 350 g/mol. The van der Waals surface area contributed by atoms with Crippen LogP contribution in [0, 0.1) is 5.92 Å². The number of aliphatic hydroxyl groups excluding tert-OH is 1. The first-order valence-corrected chi connectivity index (χ1v) is 9.60. The molecular formula is C18H19ClO3S. The molecule has 1 N–H and O–H groups in total. The highest BCUT2D eigenvalue weighted by atomic mass is 35.5. The maximum Gasteiger partial charge on any atom is 0.182 e. The Morgan fingerprint density at radius 1 is 1.04 bits per heavy atom. The van der Waals surface area contributed by atoms with E-state index in [-0.39, 0.29) is 23.3 Å². The van der Waals surface area contributed by atoms with Crippen LogP contribution >= 0.6 is 11.6 Å². The summed E-state index contributed by atoms with van der Waals surface area (Å²) in [5.41, 5.74) is 2.19. The predicted octanol–water partition coefficient (Wildman–Crippen LogP) is 3.45. The van der Waals surface area contributed by atoms with Gasteiger partial charge in [0, 0.05) is 23.5 Å². The summed E-state index contributed by atoms with van der Waals surface area (Å²) in [7, 11) is -3.48. The Morgan fingerprint density at radius 2 is 1.65 bits per heavy atom. The Bertz CT molecular complexity index is 782. The SMILES string of the molecule is CCc1ccc([C@@H]2[C@H](CO)[C@H]2S(=O)(=O)c2ccc(Cl)cc2)cc1. The van der Waals surface area contributed by atoms with E-state index in [4.69, 9.17) is 11.6 Å². The summed E-state index contributed by atoms with van der Waals surface area (Å²) in [4.78, 5) is 0.262. The van der Waals surface area contributed by atoms with Gasteiger partial charge in [0.2, 0.25) is 0 Å². The van der Waals surface area contributed by atoms with Gasteiger partial charge in [-0.15, -0.1) is 0 Å². The van der Waals surface area contributed by atoms with Gasteiger partial charge in [-0.25, -0.2) is 8.42 Å². The molecule has 0 amide bonds. The van der Waals surface area contributed by atoms with Crippen LogP contribution in [0.2, 0.25) is 5.02 Å². The van der Waals surface area contributed by atoms with Gasteiger partial charge in [-0.3, -0.25) is 0 Å². The van der Waals surface area contributed by atoms with Crippen molar-refractivity contribution in [1.29, 1.82) is 0 Å². The molecule has 1 fully saturated rings. The third kappa shape index (κ3) is 3.03. The second kappa shape index (κ2) is 6.27. The zero-order valence-electron chi connectivity index (χ0n) is 12.8. The van der Waals surface area contributed by atoms with E-state index in [2.05, 4.69) is 6.92 Å². The molecule has 0 aromatic heterocycles. The van der Waals surface area contributed by atoms with Crippen molar-refractivity contribution in [2.45, 2.75) is 29.4 Å². The highest BCUT2D eigenvalue weighted by Gasteiger charge is 2.58. The number of rotatable bonds is 5. The first kappa shape index (κ1) is 16.5. The number of halogens is 1. The van der Waals surface area contributed by atoms with Crippen LogP contribution < -0.4 is 0 Å². The largest absolute Gasteiger partial charge is 0.396 e. The van der Waals surface area contributed by atoms with E-state index < -0.39 is 15.1 Å². The number of hydrogen-bond donors (Lipinski definition) is 1. The summed E-state index contributed by atoms with van der Waals surface area (Å²) >= 11 is 5.83. The fraction of sp³-hybridized carbons (Fsp3) is 0.333. The molecule has 0 aliphatic heterocycles. The van der Waals surface area contributed by atoms with E-state index in [1.807, 2.05) is 24.3 Å². The lowest BCUT2D eigenvalue weighted by atomic mass is 10.1. The van der Waals surface area contributed by atoms with E-state index in [9.17, 15) is 13.5 Å². The van der Waals surface area contributed by atoms with Crippen molar-refractivity contribution in [3.63, 3.8) is 0 Å². The minimum atomic E-state index is -3.48. The van der Waals surface area contributed by atoms with Crippen LogP contribution in [0.1, 0.15) is 24.0 Å². The lowest BCUT2D eigenvalue weighted by Gasteiger charge is -2.05. The van der Waals surface area contributed by atoms with E-state index >= 15 is 0 Å². The number of sulfone groups is 1. The van der Waals surface area contributed by atoms with Gasteiger partial charge in [-0.1, -0.05) is 42.8 Å². The topological polar surface area (TPSA) is 54.4 Å². The average Bonchev–Trinajstić information content (AvgIpc) is 3.31. The molecule has 0 spiro atoms. The highest BCUT2D eigenvalue weighted by Crippen LogP contribution is 2.53. The molecular weight excluding hydrogens is 332 g/mol. The van der Waals surface area contributed by atoms with Crippen molar-refractivity contribution in [2.24, 2.45) is 5.92 Å². The second-order valence-corrected chi connectivity index (χ2v) is 8.47. The Hall–Kier alpha value is -1.36. The first-order valence-electron chi connectivity index (χ1n) is 7.68. The normalized spacial score (nSPS) is 23.7. The Morgan fingerprint density at radius 3 is 2.17 bits per heavy atom. The third-order valence-corrected chi connectivity index (χ3v) is 7.12. The summed E-state index contributed by atoms with van der Waals surface area (Å²) < 4.78 is 25.7. The molecule has 3 nitrogen and oxygen atoms in total. The van der Waals surface area contributed by atoms with E-state index in [0.29, 0.717) is 5.02 Å². The van der Waals surface area contributed by atoms with Crippen molar-refractivity contribution in [3.8, 4) is 0 Å². The molecule has 23 heavy (non-hydrogen) atoms. The number of hydrogen-bond acceptors (Lipinski definition) is 3. The van der Waals surface area contributed by atoms with Crippen LogP contribution in [0.4, 0.5) is 0 Å². The van der Waals surface area contributed by atoms with E-state index in [0.717, 1.165) is 12.0 Å². The smallest absolute Gasteiger partial charge is 0.182 e. The van der Waals surface area contributed by atoms with Crippen molar-refractivity contribution in [2.75, 3.05) is 6.61 Å². The quantitative estimate of drug-likeness (QED) is 0.898. The van der Waals surface area contributed by atoms with E-state index in [1.54, 1.807) is 12.1 Å². The highest BCUT2D eigenvalue weighted by molar-refractivity contribution is 7.92. The van der Waals surface area contributed by atoms with Crippen LogP contribution in [0.5, 0.6) is 0 Å². The first-order chi connectivity index (χ1) is 11.0. The molecule has 1 aliphatic rings. The van der Waals surface area contributed by atoms with Crippen molar-refractivity contribution < 1.29 is 13.5 Å². The standard InChI is InChI=1S/C18H19ClO3S/c1-2-12-3-5-13(6-4-12)17-16(11-20)18(17)23(21,22)15-9-7-14(19)8-10-15/h3-10,16-18,20H,2,11H2,1H3/t16-,17+,18+/m0/s1. The molecule has 0 heterocycles. The van der Waals surface area contributed by atoms with Gasteiger partial charge in [0.1, 0.15) is 0 Å². The summed E-state index contributed by atoms with van der Waals surface area (Å²) in [6.07, 6.45) is 0.945. The molecule has 2 aromatic carbocycles. The van der Waals surface area contributed by atoms with Crippen molar-refractivity contribution >= 4 is 21.4 Å². The van der Waals surface area contributed by atoms with Crippen LogP contribution in [-0.2, 0) is 16.3 Å². The zero-order chi connectivity index (χ0) is 16.6. The summed E-state index contributed by atoms with van der Waals surface area (Å²) in [5.74, 6) is -0.394. The van der Waals surface area contributed by atoms with Crippen LogP contribution in [-0.4, -0.2) is 25.4 Å². The molecule has 0 saturated heterocycles. The van der Waals surface area contributed by atoms with Crippen molar-refractivity contribution in [3.05, 3.63) is 64.7 Å². The maximum absolute atomic E-state index is 12.8. The minimum Gasteiger partial charge on any atom is -0.396 e. The van der Waals surface area contributed by atoms with Gasteiger partial charge in [0.25, 0.3) is 0 Å². The van der Waals surface area contributed by atoms with Crippen molar-refractivity contribution in [1.82, 2.24) is 0 Å².